The van der Waals surface area contributed by atoms with Crippen LogP contribution in [0.4, 0.5) is 17.1 Å². The average molecular weight is 452 g/mol. The van der Waals surface area contributed by atoms with Crippen LogP contribution in [0.1, 0.15) is 18.1 Å². The van der Waals surface area contributed by atoms with Crippen molar-refractivity contribution in [2.24, 2.45) is 0 Å². The molecule has 3 aromatic carbocycles. The van der Waals surface area contributed by atoms with Gasteiger partial charge in [0.2, 0.25) is 11.8 Å². The standard InChI is InChI=1S/C24H25N3O4S/c1-17-9-7-14-23(18(17)2)27(32(30,31)22-12-5-4-6-13-22)16-24(29)26-21-11-8-10-20(15-21)25-19(3)28/h4-15H,16H2,1-3H3,(H,25,28)(H,26,29). The fraction of sp³-hybridized carbons (Fsp3) is 0.167. The second-order valence-corrected chi connectivity index (χ2v) is 9.22. The predicted molar refractivity (Wildman–Crippen MR) is 126 cm³/mol. The van der Waals surface area contributed by atoms with E-state index >= 15 is 0 Å². The highest BCUT2D eigenvalue weighted by atomic mass is 32.2. The van der Waals surface area contributed by atoms with Gasteiger partial charge in [0.15, 0.2) is 0 Å². The van der Waals surface area contributed by atoms with Crippen molar-refractivity contribution in [3.05, 3.63) is 83.9 Å². The van der Waals surface area contributed by atoms with E-state index < -0.39 is 22.5 Å². The van der Waals surface area contributed by atoms with Crippen molar-refractivity contribution in [1.82, 2.24) is 0 Å². The van der Waals surface area contributed by atoms with Crippen molar-refractivity contribution >= 4 is 38.9 Å². The van der Waals surface area contributed by atoms with Gasteiger partial charge < -0.3 is 10.6 Å². The number of carbonyl (C=O) groups excluding carboxylic acids is 2. The van der Waals surface area contributed by atoms with Crippen LogP contribution in [0, 0.1) is 13.8 Å². The molecule has 0 heterocycles. The summed E-state index contributed by atoms with van der Waals surface area (Å²) in [6.45, 7) is 4.69. The van der Waals surface area contributed by atoms with Gasteiger partial charge in [-0.15, -0.1) is 0 Å². The lowest BCUT2D eigenvalue weighted by Gasteiger charge is -2.26. The lowest BCUT2D eigenvalue weighted by Crippen LogP contribution is -2.38. The molecule has 0 aliphatic heterocycles. The molecule has 7 nitrogen and oxygen atoms in total. The number of aryl methyl sites for hydroxylation is 1. The van der Waals surface area contributed by atoms with Crippen LogP contribution in [-0.2, 0) is 19.6 Å². The van der Waals surface area contributed by atoms with E-state index in [-0.39, 0.29) is 10.8 Å². The first-order valence-electron chi connectivity index (χ1n) is 10.00. The van der Waals surface area contributed by atoms with Gasteiger partial charge in [-0.25, -0.2) is 8.42 Å². The minimum atomic E-state index is -3.99. The minimum absolute atomic E-state index is 0.0985. The topological polar surface area (TPSA) is 95.6 Å². The molecular formula is C24H25N3O4S. The van der Waals surface area contributed by atoms with Crippen molar-refractivity contribution in [3.8, 4) is 0 Å². The molecule has 2 N–H and O–H groups in total. The summed E-state index contributed by atoms with van der Waals surface area (Å²) in [6.07, 6.45) is 0. The molecule has 166 valence electrons. The van der Waals surface area contributed by atoms with Crippen LogP contribution < -0.4 is 14.9 Å². The van der Waals surface area contributed by atoms with Gasteiger partial charge in [0.25, 0.3) is 10.0 Å². The maximum absolute atomic E-state index is 13.5. The Labute approximate surface area is 188 Å². The molecule has 8 heteroatoms. The molecule has 3 aromatic rings. The van der Waals surface area contributed by atoms with E-state index in [1.807, 2.05) is 19.9 Å². The zero-order valence-corrected chi connectivity index (χ0v) is 18.9. The molecule has 0 spiro atoms. The number of benzene rings is 3. The van der Waals surface area contributed by atoms with Crippen molar-refractivity contribution in [1.29, 1.82) is 0 Å². The smallest absolute Gasteiger partial charge is 0.264 e. The van der Waals surface area contributed by atoms with Gasteiger partial charge in [0.1, 0.15) is 6.54 Å². The SMILES string of the molecule is CC(=O)Nc1cccc(NC(=O)CN(c2cccc(C)c2C)S(=O)(=O)c2ccccc2)c1. The van der Waals surface area contributed by atoms with Gasteiger partial charge in [-0.3, -0.25) is 13.9 Å². The third-order valence-electron chi connectivity index (χ3n) is 4.93. The monoisotopic (exact) mass is 451 g/mol. The van der Waals surface area contributed by atoms with Crippen LogP contribution in [0.2, 0.25) is 0 Å². The Morgan fingerprint density at radius 2 is 1.47 bits per heavy atom. The van der Waals surface area contributed by atoms with Crippen LogP contribution in [-0.4, -0.2) is 26.8 Å². The van der Waals surface area contributed by atoms with Crippen molar-refractivity contribution in [2.75, 3.05) is 21.5 Å². The molecule has 0 aliphatic carbocycles. The quantitative estimate of drug-likeness (QED) is 0.565. The maximum atomic E-state index is 13.5. The number of hydrogen-bond donors (Lipinski definition) is 2. The molecule has 0 saturated heterocycles. The van der Waals surface area contributed by atoms with E-state index in [2.05, 4.69) is 10.6 Å². The van der Waals surface area contributed by atoms with Crippen molar-refractivity contribution in [2.45, 2.75) is 25.7 Å². The second kappa shape index (κ2) is 9.65. The lowest BCUT2D eigenvalue weighted by atomic mass is 10.1. The Balaban J connectivity index is 1.94. The highest BCUT2D eigenvalue weighted by Crippen LogP contribution is 2.28. The zero-order chi connectivity index (χ0) is 23.3. The van der Waals surface area contributed by atoms with E-state index in [0.29, 0.717) is 17.1 Å². The third-order valence-corrected chi connectivity index (χ3v) is 6.70. The summed E-state index contributed by atoms with van der Waals surface area (Å²) >= 11 is 0. The fourth-order valence-electron chi connectivity index (χ4n) is 3.23. The Hall–Kier alpha value is -3.65. The molecule has 0 fully saturated rings. The fourth-order valence-corrected chi connectivity index (χ4v) is 4.73. The van der Waals surface area contributed by atoms with Crippen molar-refractivity contribution < 1.29 is 18.0 Å². The summed E-state index contributed by atoms with van der Waals surface area (Å²) in [5, 5.41) is 5.37. The summed E-state index contributed by atoms with van der Waals surface area (Å²) in [5.74, 6) is -0.742. The second-order valence-electron chi connectivity index (χ2n) is 7.35. The molecule has 0 unspecified atom stereocenters. The molecule has 0 aromatic heterocycles. The van der Waals surface area contributed by atoms with Gasteiger partial charge >= 0.3 is 0 Å². The summed E-state index contributed by atoms with van der Waals surface area (Å²) in [4.78, 5) is 24.3. The molecule has 0 bridgehead atoms. The number of amides is 2. The summed E-state index contributed by atoms with van der Waals surface area (Å²) in [7, 11) is -3.99. The molecule has 32 heavy (non-hydrogen) atoms. The molecule has 3 rings (SSSR count). The highest BCUT2D eigenvalue weighted by molar-refractivity contribution is 7.92. The van der Waals surface area contributed by atoms with Crippen LogP contribution in [0.25, 0.3) is 0 Å². The number of anilines is 3. The zero-order valence-electron chi connectivity index (χ0n) is 18.1. The number of sulfonamides is 1. The Bertz CT molecular complexity index is 1240. The Kier molecular flexibility index (Phi) is 6.95. The van der Waals surface area contributed by atoms with Gasteiger partial charge in [-0.1, -0.05) is 36.4 Å². The number of nitrogens with zero attached hydrogens (tertiary/aromatic N) is 1. The van der Waals surface area contributed by atoms with Gasteiger partial charge in [0, 0.05) is 18.3 Å². The van der Waals surface area contributed by atoms with E-state index in [9.17, 15) is 18.0 Å². The maximum Gasteiger partial charge on any atom is 0.264 e. The molecule has 0 atom stereocenters. The number of hydrogen-bond acceptors (Lipinski definition) is 4. The van der Waals surface area contributed by atoms with Gasteiger partial charge in [0.05, 0.1) is 10.6 Å². The Morgan fingerprint density at radius 3 is 2.12 bits per heavy atom. The van der Waals surface area contributed by atoms with Crippen LogP contribution >= 0.6 is 0 Å². The van der Waals surface area contributed by atoms with Gasteiger partial charge in [-0.05, 0) is 61.4 Å². The van der Waals surface area contributed by atoms with E-state index in [4.69, 9.17) is 0 Å². The first-order valence-corrected chi connectivity index (χ1v) is 11.4. The van der Waals surface area contributed by atoms with Crippen LogP contribution in [0.5, 0.6) is 0 Å². The van der Waals surface area contributed by atoms with E-state index in [0.717, 1.165) is 15.4 Å². The molecule has 2 amide bonds. The van der Waals surface area contributed by atoms with Gasteiger partial charge in [-0.2, -0.15) is 0 Å². The molecule has 0 aliphatic rings. The first kappa shape index (κ1) is 23.0. The third kappa shape index (κ3) is 5.33. The van der Waals surface area contributed by atoms with Crippen molar-refractivity contribution in [3.63, 3.8) is 0 Å². The minimum Gasteiger partial charge on any atom is -0.326 e. The van der Waals surface area contributed by atoms with E-state index in [1.165, 1.54) is 19.1 Å². The summed E-state index contributed by atoms with van der Waals surface area (Å²) in [6, 6.07) is 20.0. The lowest BCUT2D eigenvalue weighted by molar-refractivity contribution is -0.115. The number of nitrogens with one attached hydrogen (secondary N) is 2. The molecule has 0 radical (unpaired) electrons. The number of carbonyl (C=O) groups is 2. The first-order chi connectivity index (χ1) is 15.2. The summed E-state index contributed by atoms with van der Waals surface area (Å²) < 4.78 is 28.0. The van der Waals surface area contributed by atoms with Crippen LogP contribution in [0.3, 0.4) is 0 Å². The molecular weight excluding hydrogens is 426 g/mol. The predicted octanol–water partition coefficient (Wildman–Crippen LogP) is 4.10. The average Bonchev–Trinajstić information content (AvgIpc) is 2.74. The largest absolute Gasteiger partial charge is 0.326 e. The van der Waals surface area contributed by atoms with E-state index in [1.54, 1.807) is 54.6 Å². The normalized spacial score (nSPS) is 11.0. The number of rotatable bonds is 7. The Morgan fingerprint density at radius 1 is 0.844 bits per heavy atom. The highest BCUT2D eigenvalue weighted by Gasteiger charge is 2.28. The summed E-state index contributed by atoms with van der Waals surface area (Å²) in [5.41, 5.74) is 3.10. The molecule has 0 saturated carbocycles. The van der Waals surface area contributed by atoms with Crippen LogP contribution in [0.15, 0.2) is 77.7 Å².